The highest BCUT2D eigenvalue weighted by molar-refractivity contribution is 7.98. The van der Waals surface area contributed by atoms with Gasteiger partial charge in [-0.15, -0.1) is 11.8 Å². The Morgan fingerprint density at radius 3 is 2.67 bits per heavy atom. The zero-order valence-corrected chi connectivity index (χ0v) is 15.4. The molecule has 0 spiro atoms. The van der Waals surface area contributed by atoms with Gasteiger partial charge in [0, 0.05) is 21.9 Å². The lowest BCUT2D eigenvalue weighted by Gasteiger charge is -2.09. The van der Waals surface area contributed by atoms with Gasteiger partial charge in [-0.3, -0.25) is 4.79 Å². The van der Waals surface area contributed by atoms with Gasteiger partial charge in [-0.1, -0.05) is 29.8 Å². The molecule has 1 N–H and O–H groups in total. The number of alkyl halides is 2. The summed E-state index contributed by atoms with van der Waals surface area (Å²) in [4.78, 5) is 13.5. The van der Waals surface area contributed by atoms with Crippen LogP contribution in [-0.4, -0.2) is 12.5 Å². The van der Waals surface area contributed by atoms with Crippen molar-refractivity contribution in [3.05, 3.63) is 77.2 Å². The molecule has 1 amide bonds. The van der Waals surface area contributed by atoms with E-state index in [4.69, 9.17) is 16.0 Å². The van der Waals surface area contributed by atoms with Crippen molar-refractivity contribution in [2.45, 2.75) is 17.3 Å². The molecule has 140 valence electrons. The minimum Gasteiger partial charge on any atom is -0.459 e. The monoisotopic (exact) mass is 409 g/mol. The zero-order chi connectivity index (χ0) is 19.2. The lowest BCUT2D eigenvalue weighted by molar-refractivity contribution is -0.0497. The van der Waals surface area contributed by atoms with Crippen LogP contribution >= 0.6 is 23.4 Å². The fourth-order valence-electron chi connectivity index (χ4n) is 2.28. The van der Waals surface area contributed by atoms with Crippen LogP contribution in [0.25, 0.3) is 0 Å². The maximum absolute atomic E-state index is 12.5. The van der Waals surface area contributed by atoms with Crippen LogP contribution in [0, 0.1) is 0 Å². The first kappa shape index (κ1) is 19.3. The highest BCUT2D eigenvalue weighted by atomic mass is 35.5. The summed E-state index contributed by atoms with van der Waals surface area (Å²) in [5.41, 5.74) is 1.08. The molecule has 0 unspecified atom stereocenters. The molecule has 0 fully saturated rings. The summed E-state index contributed by atoms with van der Waals surface area (Å²) in [6, 6.07) is 15.5. The number of rotatable bonds is 7. The summed E-state index contributed by atoms with van der Waals surface area (Å²) in [6.45, 7) is -2.98. The topological polar surface area (TPSA) is 51.5 Å². The fraction of sp³-hybridized carbons (Fsp3) is 0.105. The number of amides is 1. The third kappa shape index (κ3) is 5.24. The van der Waals surface area contributed by atoms with Crippen LogP contribution in [-0.2, 0) is 5.75 Å². The zero-order valence-electron chi connectivity index (χ0n) is 13.8. The first-order valence-corrected chi connectivity index (χ1v) is 9.19. The molecule has 4 nitrogen and oxygen atoms in total. The van der Waals surface area contributed by atoms with Gasteiger partial charge < -0.3 is 14.5 Å². The Hall–Kier alpha value is -2.51. The average molecular weight is 410 g/mol. The quantitative estimate of drug-likeness (QED) is 0.480. The molecule has 8 heteroatoms. The lowest BCUT2D eigenvalue weighted by atomic mass is 10.2. The molecule has 2 aromatic carbocycles. The number of ether oxygens (including phenoxy) is 1. The van der Waals surface area contributed by atoms with Crippen LogP contribution in [0.4, 0.5) is 14.5 Å². The number of halogens is 3. The van der Waals surface area contributed by atoms with Crippen molar-refractivity contribution < 1.29 is 22.7 Å². The van der Waals surface area contributed by atoms with Crippen molar-refractivity contribution in [3.63, 3.8) is 0 Å². The molecule has 1 heterocycles. The number of hydrogen-bond acceptors (Lipinski definition) is 4. The predicted molar refractivity (Wildman–Crippen MR) is 101 cm³/mol. The molecule has 0 bridgehead atoms. The molecular formula is C19H14ClF2NO3S. The number of carbonyl (C=O) groups excluding carboxylic acids is 1. The van der Waals surface area contributed by atoms with Crippen molar-refractivity contribution in [1.29, 1.82) is 0 Å². The average Bonchev–Trinajstić information content (AvgIpc) is 3.11. The second kappa shape index (κ2) is 8.92. The molecule has 0 aliphatic rings. The number of furan rings is 1. The van der Waals surface area contributed by atoms with Crippen LogP contribution < -0.4 is 10.1 Å². The van der Waals surface area contributed by atoms with Crippen LogP contribution in [0.15, 0.2) is 70.2 Å². The van der Waals surface area contributed by atoms with Gasteiger partial charge in [0.1, 0.15) is 5.75 Å². The van der Waals surface area contributed by atoms with E-state index in [1.54, 1.807) is 17.8 Å². The molecule has 0 aliphatic heterocycles. The normalized spacial score (nSPS) is 10.8. The van der Waals surface area contributed by atoms with Gasteiger partial charge >= 0.3 is 6.61 Å². The number of nitrogens with one attached hydrogen (secondary N) is 1. The summed E-state index contributed by atoms with van der Waals surface area (Å²) < 4.78 is 34.1. The minimum atomic E-state index is -2.98. The first-order valence-electron chi connectivity index (χ1n) is 7.83. The molecule has 0 saturated carbocycles. The predicted octanol–water partition coefficient (Wildman–Crippen LogP) is 6.08. The number of carbonyl (C=O) groups is 1. The third-order valence-electron chi connectivity index (χ3n) is 3.50. The second-order valence-corrected chi connectivity index (χ2v) is 6.81. The Morgan fingerprint density at radius 2 is 1.96 bits per heavy atom. The molecule has 0 atom stereocenters. The molecular weight excluding hydrogens is 396 g/mol. The first-order chi connectivity index (χ1) is 13.0. The summed E-state index contributed by atoms with van der Waals surface area (Å²) in [5.74, 6) is 0.123. The van der Waals surface area contributed by atoms with Crippen LogP contribution in [0.2, 0.25) is 5.02 Å². The molecule has 3 aromatic rings. The summed E-state index contributed by atoms with van der Waals surface area (Å²) in [5, 5.41) is 2.60. The highest BCUT2D eigenvalue weighted by Crippen LogP contribution is 2.30. The third-order valence-corrected chi connectivity index (χ3v) is 4.85. The summed E-state index contributed by atoms with van der Waals surface area (Å²) in [7, 11) is 0. The van der Waals surface area contributed by atoms with E-state index in [2.05, 4.69) is 10.1 Å². The van der Waals surface area contributed by atoms with E-state index in [1.165, 1.54) is 24.5 Å². The van der Waals surface area contributed by atoms with E-state index >= 15 is 0 Å². The summed E-state index contributed by atoms with van der Waals surface area (Å²) in [6.07, 6.45) is 1.45. The van der Waals surface area contributed by atoms with Gasteiger partial charge in [0.25, 0.3) is 5.91 Å². The van der Waals surface area contributed by atoms with Crippen molar-refractivity contribution in [2.24, 2.45) is 0 Å². The van der Waals surface area contributed by atoms with Crippen molar-refractivity contribution in [2.75, 3.05) is 5.32 Å². The number of anilines is 1. The second-order valence-electron chi connectivity index (χ2n) is 5.35. The largest absolute Gasteiger partial charge is 0.459 e. The molecule has 3 rings (SSSR count). The summed E-state index contributed by atoms with van der Waals surface area (Å²) >= 11 is 7.47. The number of hydrogen-bond donors (Lipinski definition) is 1. The Labute approximate surface area is 163 Å². The van der Waals surface area contributed by atoms with Gasteiger partial charge in [-0.25, -0.2) is 0 Å². The van der Waals surface area contributed by atoms with Crippen LogP contribution in [0.1, 0.15) is 16.1 Å². The maximum Gasteiger partial charge on any atom is 0.387 e. The minimum absolute atomic E-state index is 0.0348. The van der Waals surface area contributed by atoms with Crippen molar-refractivity contribution in [1.82, 2.24) is 0 Å². The standard InChI is InChI=1S/C19H14ClF2NO3S/c20-15-10-13(6-7-16(15)26-19(21)22)23-18(24)17-12(8-9-25-17)11-27-14-4-2-1-3-5-14/h1-10,19H,11H2,(H,23,24). The van der Waals surface area contributed by atoms with E-state index < -0.39 is 12.5 Å². The molecule has 27 heavy (non-hydrogen) atoms. The van der Waals surface area contributed by atoms with E-state index in [1.807, 2.05) is 30.3 Å². The van der Waals surface area contributed by atoms with Gasteiger partial charge in [0.2, 0.25) is 0 Å². The maximum atomic E-state index is 12.5. The van der Waals surface area contributed by atoms with Gasteiger partial charge in [-0.2, -0.15) is 8.78 Å². The molecule has 0 saturated heterocycles. The van der Waals surface area contributed by atoms with Gasteiger partial charge in [-0.05, 0) is 36.4 Å². The smallest absolute Gasteiger partial charge is 0.387 e. The van der Waals surface area contributed by atoms with E-state index in [-0.39, 0.29) is 16.5 Å². The van der Waals surface area contributed by atoms with E-state index in [0.717, 1.165) is 10.5 Å². The van der Waals surface area contributed by atoms with E-state index in [0.29, 0.717) is 11.4 Å². The van der Waals surface area contributed by atoms with Crippen molar-refractivity contribution in [3.8, 4) is 5.75 Å². The Kier molecular flexibility index (Phi) is 6.36. The number of thioether (sulfide) groups is 1. The molecule has 1 aromatic heterocycles. The van der Waals surface area contributed by atoms with Crippen LogP contribution in [0.3, 0.4) is 0 Å². The molecule has 0 aliphatic carbocycles. The van der Waals surface area contributed by atoms with Gasteiger partial charge in [0.05, 0.1) is 11.3 Å². The van der Waals surface area contributed by atoms with Gasteiger partial charge in [0.15, 0.2) is 5.76 Å². The Morgan fingerprint density at radius 1 is 1.19 bits per heavy atom. The SMILES string of the molecule is O=C(Nc1ccc(OC(F)F)c(Cl)c1)c1occc1CSc1ccccc1. The van der Waals surface area contributed by atoms with Crippen molar-refractivity contribution >= 4 is 35.0 Å². The Bertz CT molecular complexity index is 918. The fourth-order valence-corrected chi connectivity index (χ4v) is 3.41. The molecule has 0 radical (unpaired) electrons. The highest BCUT2D eigenvalue weighted by Gasteiger charge is 2.17. The van der Waals surface area contributed by atoms with Crippen LogP contribution in [0.5, 0.6) is 5.75 Å². The number of benzene rings is 2. The Balaban J connectivity index is 1.66. The van der Waals surface area contributed by atoms with E-state index in [9.17, 15) is 13.6 Å². The lowest BCUT2D eigenvalue weighted by Crippen LogP contribution is -2.13.